The van der Waals surface area contributed by atoms with Crippen LogP contribution in [0.3, 0.4) is 0 Å². The number of nitrogens with zero attached hydrogens (tertiary/aromatic N) is 1. The van der Waals surface area contributed by atoms with Crippen LogP contribution in [0.5, 0.6) is 0 Å². The van der Waals surface area contributed by atoms with Crippen LogP contribution in [0.25, 0.3) is 0 Å². The summed E-state index contributed by atoms with van der Waals surface area (Å²) in [6, 6.07) is 4.63. The third kappa shape index (κ3) is 16.3. The molecule has 0 unspecified atom stereocenters. The predicted octanol–water partition coefficient (Wildman–Crippen LogP) is 4.80. The third-order valence-corrected chi connectivity index (χ3v) is 5.55. The van der Waals surface area contributed by atoms with E-state index in [-0.39, 0.29) is 17.0 Å². The average molecular weight is 441 g/mol. The van der Waals surface area contributed by atoms with Crippen LogP contribution < -0.4 is 21.5 Å². The molecule has 1 nitrogen and oxygen atoms in total. The number of rotatable bonds is 18. The highest BCUT2D eigenvalue weighted by molar-refractivity contribution is 5.07. The van der Waals surface area contributed by atoms with E-state index in [4.69, 9.17) is 0 Å². The maximum absolute atomic E-state index is 2.32. The number of unbranched alkanes of at least 4 members (excludes halogenated alkanes) is 14. The van der Waals surface area contributed by atoms with E-state index >= 15 is 0 Å². The van der Waals surface area contributed by atoms with Crippen LogP contribution in [0.2, 0.25) is 0 Å². The fraction of sp³-hybridized carbons (Fsp3) is 0.800. The molecule has 0 aromatic carbocycles. The van der Waals surface area contributed by atoms with Gasteiger partial charge in [0.1, 0.15) is 6.54 Å². The van der Waals surface area contributed by atoms with Gasteiger partial charge in [-0.05, 0) is 18.4 Å². The van der Waals surface area contributed by atoms with Gasteiger partial charge < -0.3 is 17.0 Å². The Morgan fingerprint density at radius 3 is 1.41 bits per heavy atom. The molecule has 0 aliphatic heterocycles. The molecule has 0 bridgehead atoms. The van der Waals surface area contributed by atoms with Crippen molar-refractivity contribution in [1.82, 2.24) is 0 Å². The normalized spacial score (nSPS) is 10.7. The van der Waals surface area contributed by atoms with Crippen molar-refractivity contribution in [2.24, 2.45) is 0 Å². The summed E-state index contributed by atoms with van der Waals surface area (Å²) in [6.45, 7) is 5.71. The SMILES string of the molecule is CCCCCCCCCCCCCCCCc1cc[n+](CCCC)cc1.[Br-]. The van der Waals surface area contributed by atoms with Crippen LogP contribution in [0.1, 0.15) is 122 Å². The summed E-state index contributed by atoms with van der Waals surface area (Å²) in [5, 5.41) is 0. The first kappa shape index (κ1) is 26.6. The Bertz CT molecular complexity index is 401. The number of halogens is 1. The molecule has 0 atom stereocenters. The molecule has 27 heavy (non-hydrogen) atoms. The Morgan fingerprint density at radius 1 is 0.556 bits per heavy atom. The van der Waals surface area contributed by atoms with E-state index in [0.717, 1.165) is 6.54 Å². The number of aryl methyl sites for hydroxylation is 2. The van der Waals surface area contributed by atoms with Gasteiger partial charge in [-0.15, -0.1) is 0 Å². The van der Waals surface area contributed by atoms with E-state index in [1.54, 1.807) is 0 Å². The molecule has 158 valence electrons. The Labute approximate surface area is 181 Å². The van der Waals surface area contributed by atoms with E-state index < -0.39 is 0 Å². The first-order valence-corrected chi connectivity index (χ1v) is 11.8. The molecule has 0 saturated carbocycles. The summed E-state index contributed by atoms with van der Waals surface area (Å²) in [5.41, 5.74) is 1.51. The summed E-state index contributed by atoms with van der Waals surface area (Å²) in [6.07, 6.45) is 28.5. The lowest BCUT2D eigenvalue weighted by molar-refractivity contribution is -0.697. The first-order valence-electron chi connectivity index (χ1n) is 11.8. The van der Waals surface area contributed by atoms with Gasteiger partial charge in [-0.25, -0.2) is 4.57 Å². The number of hydrogen-bond donors (Lipinski definition) is 0. The highest BCUT2D eigenvalue weighted by atomic mass is 79.9. The second-order valence-electron chi connectivity index (χ2n) is 8.14. The maximum atomic E-state index is 2.32. The van der Waals surface area contributed by atoms with Crippen molar-refractivity contribution in [2.75, 3.05) is 0 Å². The molecular weight excluding hydrogens is 394 g/mol. The second-order valence-corrected chi connectivity index (χ2v) is 8.14. The fourth-order valence-corrected chi connectivity index (χ4v) is 3.67. The summed E-state index contributed by atoms with van der Waals surface area (Å²) in [5.74, 6) is 0. The van der Waals surface area contributed by atoms with Gasteiger partial charge in [0.05, 0.1) is 0 Å². The fourth-order valence-electron chi connectivity index (χ4n) is 3.67. The molecule has 0 radical (unpaired) electrons. The van der Waals surface area contributed by atoms with Crippen LogP contribution in [0.4, 0.5) is 0 Å². The minimum atomic E-state index is 0. The maximum Gasteiger partial charge on any atom is 0.169 e. The highest BCUT2D eigenvalue weighted by Crippen LogP contribution is 2.13. The molecule has 0 fully saturated rings. The Balaban J connectivity index is 0.00000676. The van der Waals surface area contributed by atoms with E-state index in [1.165, 1.54) is 115 Å². The summed E-state index contributed by atoms with van der Waals surface area (Å²) in [4.78, 5) is 0. The minimum absolute atomic E-state index is 0. The zero-order chi connectivity index (χ0) is 18.7. The second kappa shape index (κ2) is 20.4. The molecule has 0 N–H and O–H groups in total. The predicted molar refractivity (Wildman–Crippen MR) is 116 cm³/mol. The summed E-state index contributed by atoms with van der Waals surface area (Å²) in [7, 11) is 0. The van der Waals surface area contributed by atoms with E-state index in [9.17, 15) is 0 Å². The Hall–Kier alpha value is -0.370. The van der Waals surface area contributed by atoms with Crippen LogP contribution in [-0.4, -0.2) is 0 Å². The van der Waals surface area contributed by atoms with Crippen molar-refractivity contribution >= 4 is 0 Å². The minimum Gasteiger partial charge on any atom is -1.00 e. The smallest absolute Gasteiger partial charge is 0.169 e. The molecule has 0 aliphatic carbocycles. The van der Waals surface area contributed by atoms with Crippen LogP contribution in [0.15, 0.2) is 24.5 Å². The number of pyridine rings is 1. The van der Waals surface area contributed by atoms with Gasteiger partial charge in [0, 0.05) is 18.6 Å². The molecule has 0 aliphatic rings. The van der Waals surface area contributed by atoms with Crippen molar-refractivity contribution in [2.45, 2.75) is 130 Å². The molecule has 1 rings (SSSR count). The zero-order valence-electron chi connectivity index (χ0n) is 18.4. The molecule has 1 aromatic rings. The van der Waals surface area contributed by atoms with Crippen molar-refractivity contribution in [3.05, 3.63) is 30.1 Å². The lowest BCUT2D eigenvalue weighted by Crippen LogP contribution is -3.00. The van der Waals surface area contributed by atoms with Gasteiger partial charge in [-0.1, -0.05) is 104 Å². The largest absolute Gasteiger partial charge is 1.00 e. The lowest BCUT2D eigenvalue weighted by atomic mass is 10.0. The van der Waals surface area contributed by atoms with Gasteiger partial charge >= 0.3 is 0 Å². The average Bonchev–Trinajstić information content (AvgIpc) is 2.67. The van der Waals surface area contributed by atoms with Gasteiger partial charge in [0.2, 0.25) is 0 Å². The van der Waals surface area contributed by atoms with Crippen LogP contribution >= 0.6 is 0 Å². The topological polar surface area (TPSA) is 3.88 Å². The number of hydrogen-bond acceptors (Lipinski definition) is 0. The van der Waals surface area contributed by atoms with E-state index in [0.29, 0.717) is 0 Å². The van der Waals surface area contributed by atoms with E-state index in [2.05, 4.69) is 42.9 Å². The Kier molecular flexibility index (Phi) is 20.1. The van der Waals surface area contributed by atoms with E-state index in [1.807, 2.05) is 0 Å². The summed E-state index contributed by atoms with van der Waals surface area (Å²) < 4.78 is 2.32. The van der Waals surface area contributed by atoms with Gasteiger partial charge in [-0.2, -0.15) is 0 Å². The van der Waals surface area contributed by atoms with Gasteiger partial charge in [0.25, 0.3) is 0 Å². The highest BCUT2D eigenvalue weighted by Gasteiger charge is 2.00. The third-order valence-electron chi connectivity index (χ3n) is 5.55. The van der Waals surface area contributed by atoms with Gasteiger partial charge in [0.15, 0.2) is 12.4 Å². The quantitative estimate of drug-likeness (QED) is 0.228. The molecule has 2 heteroatoms. The molecule has 1 aromatic heterocycles. The molecule has 0 spiro atoms. The number of aromatic nitrogens is 1. The Morgan fingerprint density at radius 2 is 0.963 bits per heavy atom. The standard InChI is InChI=1S/C25H46N.BrH/c1-3-5-7-8-9-10-11-12-13-14-15-16-17-18-19-25-20-23-26(24-21-25)22-6-4-2;/h20-21,23-24H,3-19,22H2,1-2H3;1H/q+1;/p-1. The van der Waals surface area contributed by atoms with Gasteiger partial charge in [-0.3, -0.25) is 0 Å². The lowest BCUT2D eigenvalue weighted by Gasteiger charge is -2.04. The molecule has 0 saturated heterocycles. The van der Waals surface area contributed by atoms with Crippen molar-refractivity contribution in [3.63, 3.8) is 0 Å². The van der Waals surface area contributed by atoms with Crippen molar-refractivity contribution in [3.8, 4) is 0 Å². The molecular formula is C25H46BrN. The summed E-state index contributed by atoms with van der Waals surface area (Å²) >= 11 is 0. The van der Waals surface area contributed by atoms with Crippen molar-refractivity contribution < 1.29 is 21.5 Å². The molecule has 0 amide bonds. The zero-order valence-corrected chi connectivity index (χ0v) is 19.9. The van der Waals surface area contributed by atoms with Crippen LogP contribution in [-0.2, 0) is 13.0 Å². The van der Waals surface area contributed by atoms with Crippen LogP contribution in [0, 0.1) is 0 Å². The monoisotopic (exact) mass is 439 g/mol. The van der Waals surface area contributed by atoms with Crippen molar-refractivity contribution in [1.29, 1.82) is 0 Å². The first-order chi connectivity index (χ1) is 12.9. The molecule has 1 heterocycles.